The quantitative estimate of drug-likeness (QED) is 0.406. The van der Waals surface area contributed by atoms with Gasteiger partial charge >= 0.3 is 11.8 Å². The lowest BCUT2D eigenvalue weighted by atomic mass is 9.84. The first-order chi connectivity index (χ1) is 14.7. The van der Waals surface area contributed by atoms with Crippen LogP contribution in [0.1, 0.15) is 38.5 Å². The molecule has 0 radical (unpaired) electrons. The zero-order valence-electron chi connectivity index (χ0n) is 18.0. The van der Waals surface area contributed by atoms with Gasteiger partial charge in [0.05, 0.1) is 13.2 Å². The molecule has 0 spiro atoms. The van der Waals surface area contributed by atoms with Crippen LogP contribution in [0.15, 0.2) is 17.6 Å². The molecule has 11 heteroatoms. The van der Waals surface area contributed by atoms with Crippen LogP contribution in [-0.4, -0.2) is 76.2 Å². The number of rotatable bonds is 10. The van der Waals surface area contributed by atoms with Crippen molar-refractivity contribution in [1.82, 2.24) is 9.55 Å². The van der Waals surface area contributed by atoms with Crippen LogP contribution < -0.4 is 11.0 Å². The van der Waals surface area contributed by atoms with E-state index < -0.39 is 42.9 Å². The van der Waals surface area contributed by atoms with E-state index >= 15 is 0 Å². The van der Waals surface area contributed by atoms with Crippen LogP contribution >= 0.6 is 0 Å². The van der Waals surface area contributed by atoms with Gasteiger partial charge in [0.25, 0.3) is 0 Å². The summed E-state index contributed by atoms with van der Waals surface area (Å²) >= 11 is 0. The molecule has 2 rings (SSSR count). The van der Waals surface area contributed by atoms with Gasteiger partial charge in [-0.05, 0) is 12.8 Å². The smallest absolute Gasteiger partial charge is 0.412 e. The number of hydrogen-bond acceptors (Lipinski definition) is 9. The molecular weight excluding hydrogens is 410 g/mol. The summed E-state index contributed by atoms with van der Waals surface area (Å²) in [5, 5.41) is 31.7. The van der Waals surface area contributed by atoms with Crippen molar-refractivity contribution < 1.29 is 34.3 Å². The van der Waals surface area contributed by atoms with Crippen LogP contribution in [0.5, 0.6) is 0 Å². The third-order valence-corrected chi connectivity index (χ3v) is 5.67. The molecule has 1 aliphatic heterocycles. The second-order valence-corrected chi connectivity index (χ2v) is 7.51. The van der Waals surface area contributed by atoms with Crippen molar-refractivity contribution in [3.8, 4) is 0 Å². The molecule has 31 heavy (non-hydrogen) atoms. The largest absolute Gasteiger partial charge is 0.449 e. The molecule has 11 nitrogen and oxygen atoms in total. The third kappa shape index (κ3) is 5.49. The maximum Gasteiger partial charge on any atom is 0.412 e. The van der Waals surface area contributed by atoms with Gasteiger partial charge in [-0.2, -0.15) is 4.98 Å². The molecule has 2 heterocycles. The van der Waals surface area contributed by atoms with Crippen molar-refractivity contribution in [1.29, 1.82) is 0 Å². The lowest BCUT2D eigenvalue weighted by Crippen LogP contribution is -2.36. The highest BCUT2D eigenvalue weighted by molar-refractivity contribution is 5.85. The van der Waals surface area contributed by atoms with E-state index in [9.17, 15) is 24.9 Å². The molecule has 1 aliphatic rings. The predicted molar refractivity (Wildman–Crippen MR) is 111 cm³/mol. The fourth-order valence-corrected chi connectivity index (χ4v) is 3.38. The van der Waals surface area contributed by atoms with Gasteiger partial charge in [0.15, 0.2) is 6.23 Å². The monoisotopic (exact) mass is 441 g/mol. The normalized spacial score (nSPS) is 23.5. The summed E-state index contributed by atoms with van der Waals surface area (Å²) in [6.45, 7) is 7.64. The second-order valence-electron chi connectivity index (χ2n) is 7.51. The fraction of sp³-hybridized carbons (Fsp3) is 0.650. The second kappa shape index (κ2) is 10.8. The van der Waals surface area contributed by atoms with E-state index in [1.807, 2.05) is 13.8 Å². The molecule has 1 amide bonds. The van der Waals surface area contributed by atoms with E-state index in [2.05, 4.69) is 16.9 Å². The number of aliphatic hydroxyl groups excluding tert-OH is 3. The van der Waals surface area contributed by atoms with Crippen LogP contribution in [0.25, 0.3) is 6.08 Å². The molecule has 0 aromatic carbocycles. The van der Waals surface area contributed by atoms with E-state index in [1.165, 1.54) is 12.3 Å². The molecule has 1 saturated heterocycles. The molecule has 4 N–H and O–H groups in total. The van der Waals surface area contributed by atoms with Crippen molar-refractivity contribution in [3.63, 3.8) is 0 Å². The van der Waals surface area contributed by atoms with Gasteiger partial charge in [0.2, 0.25) is 0 Å². The third-order valence-electron chi connectivity index (χ3n) is 5.67. The van der Waals surface area contributed by atoms with Crippen molar-refractivity contribution in [2.45, 2.75) is 51.2 Å². The zero-order chi connectivity index (χ0) is 23.2. The van der Waals surface area contributed by atoms with Crippen molar-refractivity contribution >= 4 is 18.0 Å². The molecule has 1 aromatic rings. The lowest BCUT2D eigenvalue weighted by Gasteiger charge is -2.30. The first-order valence-corrected chi connectivity index (χ1v) is 10.1. The van der Waals surface area contributed by atoms with Crippen LogP contribution in [0, 0.1) is 5.41 Å². The van der Waals surface area contributed by atoms with Gasteiger partial charge in [0, 0.05) is 24.3 Å². The summed E-state index contributed by atoms with van der Waals surface area (Å²) in [5.41, 5.74) is -0.889. The molecule has 0 saturated carbocycles. The van der Waals surface area contributed by atoms with E-state index in [0.717, 1.165) is 17.4 Å². The van der Waals surface area contributed by atoms with E-state index in [-0.39, 0.29) is 23.4 Å². The molecule has 1 unspecified atom stereocenters. The highest BCUT2D eigenvalue weighted by Crippen LogP contribution is 2.29. The molecule has 0 aliphatic carbocycles. The lowest BCUT2D eigenvalue weighted by molar-refractivity contribution is -0.0549. The summed E-state index contributed by atoms with van der Waals surface area (Å²) in [6, 6.07) is 0. The van der Waals surface area contributed by atoms with Gasteiger partial charge in [-0.25, -0.2) is 9.59 Å². The number of nitrogens with zero attached hydrogens (tertiary/aromatic N) is 2. The van der Waals surface area contributed by atoms with Crippen molar-refractivity contribution in [3.05, 3.63) is 28.8 Å². The number of carbonyl (C=O) groups is 1. The summed E-state index contributed by atoms with van der Waals surface area (Å²) < 4.78 is 16.9. The topological polar surface area (TPSA) is 152 Å². The summed E-state index contributed by atoms with van der Waals surface area (Å²) in [6.07, 6.45) is -1.77. The number of aromatic nitrogens is 2. The van der Waals surface area contributed by atoms with Gasteiger partial charge < -0.3 is 29.5 Å². The maximum absolute atomic E-state index is 12.5. The van der Waals surface area contributed by atoms with E-state index in [0.29, 0.717) is 6.61 Å². The summed E-state index contributed by atoms with van der Waals surface area (Å²) in [4.78, 5) is 28.6. The van der Waals surface area contributed by atoms with Crippen molar-refractivity contribution in [2.24, 2.45) is 5.41 Å². The predicted octanol–water partition coefficient (Wildman–Crippen LogP) is 0.499. The molecule has 4 atom stereocenters. The Morgan fingerprint density at radius 2 is 2.03 bits per heavy atom. The van der Waals surface area contributed by atoms with Crippen LogP contribution in [-0.2, 0) is 14.2 Å². The van der Waals surface area contributed by atoms with Gasteiger partial charge in [-0.3, -0.25) is 9.88 Å². The number of nitrogens with one attached hydrogen (secondary N) is 1. The average Bonchev–Trinajstić information content (AvgIpc) is 3.05. The van der Waals surface area contributed by atoms with Crippen LogP contribution in [0.3, 0.4) is 0 Å². The maximum atomic E-state index is 12.5. The average molecular weight is 441 g/mol. The first-order valence-electron chi connectivity index (χ1n) is 10.1. The molecule has 1 aromatic heterocycles. The molecule has 0 bridgehead atoms. The Morgan fingerprint density at radius 1 is 1.35 bits per heavy atom. The van der Waals surface area contributed by atoms with E-state index in [4.69, 9.17) is 14.2 Å². The standard InChI is InChI=1S/C20H31N3O8/c1-5-12-8-23(17-15(26)14(25)13(9-24)31-17)18(27)21-16(12)22-19(28)30-11-20(6-2,7-3)10-29-4/h5,8,13-15,17,24-26H,1,6-7,9-11H2,2-4H3,(H,21,22,27,28)/t13-,14-,15-,17?/m1/s1. The minimum Gasteiger partial charge on any atom is -0.449 e. The highest BCUT2D eigenvalue weighted by atomic mass is 16.6. The van der Waals surface area contributed by atoms with Gasteiger partial charge in [0.1, 0.15) is 30.7 Å². The zero-order valence-corrected chi connectivity index (χ0v) is 18.0. The Morgan fingerprint density at radius 3 is 2.55 bits per heavy atom. The minimum absolute atomic E-state index is 0.0710. The number of methoxy groups -OCH3 is 1. The number of hydrogen-bond donors (Lipinski definition) is 4. The molecule has 1 fully saturated rings. The summed E-state index contributed by atoms with van der Waals surface area (Å²) in [7, 11) is 1.59. The van der Waals surface area contributed by atoms with Crippen molar-refractivity contribution in [2.75, 3.05) is 32.2 Å². The van der Waals surface area contributed by atoms with E-state index in [1.54, 1.807) is 7.11 Å². The Kier molecular flexibility index (Phi) is 8.71. The Labute approximate surface area is 180 Å². The molecule has 174 valence electrons. The summed E-state index contributed by atoms with van der Waals surface area (Å²) in [5.74, 6) is -0.0710. The SMILES string of the molecule is C=Cc1cn(C2O[C@H](CO)[C@@H](O)[C@H]2O)c(=O)nc1NC(=O)OCC(CC)(CC)COC. The Balaban J connectivity index is 2.18. The Bertz CT molecular complexity index is 823. The van der Waals surface area contributed by atoms with Crippen LogP contribution in [0.4, 0.5) is 10.6 Å². The number of ether oxygens (including phenoxy) is 3. The number of aliphatic hydroxyl groups is 3. The fourth-order valence-electron chi connectivity index (χ4n) is 3.38. The molecular formula is C20H31N3O8. The first kappa shape index (κ1) is 25.0. The highest BCUT2D eigenvalue weighted by Gasteiger charge is 2.44. The van der Waals surface area contributed by atoms with Gasteiger partial charge in [-0.1, -0.05) is 26.5 Å². The number of carbonyl (C=O) groups excluding carboxylic acids is 1. The number of amides is 1. The van der Waals surface area contributed by atoms with Crippen LogP contribution in [0.2, 0.25) is 0 Å². The minimum atomic E-state index is -1.45. The van der Waals surface area contributed by atoms with Gasteiger partial charge in [-0.15, -0.1) is 0 Å². The number of anilines is 1. The Hall–Kier alpha value is -2.31.